The molecule has 1 aromatic carbocycles. The van der Waals surface area contributed by atoms with Crippen molar-refractivity contribution in [2.45, 2.75) is 25.7 Å². The molecule has 1 aromatic rings. The highest BCUT2D eigenvalue weighted by Crippen LogP contribution is 2.17. The van der Waals surface area contributed by atoms with E-state index in [1.165, 1.54) is 25.3 Å². The van der Waals surface area contributed by atoms with Crippen molar-refractivity contribution in [3.63, 3.8) is 0 Å². The maximum Gasteiger partial charge on any atom is 0.123 e. The summed E-state index contributed by atoms with van der Waals surface area (Å²) >= 11 is 0. The van der Waals surface area contributed by atoms with Gasteiger partial charge in [-0.2, -0.15) is 0 Å². The molecule has 2 rings (SSSR count). The van der Waals surface area contributed by atoms with Crippen molar-refractivity contribution in [3.8, 4) is 0 Å². The summed E-state index contributed by atoms with van der Waals surface area (Å²) in [5.41, 5.74) is 1.13. The third kappa shape index (κ3) is 3.31. The van der Waals surface area contributed by atoms with Crippen molar-refractivity contribution in [2.75, 3.05) is 13.1 Å². The fourth-order valence-electron chi connectivity index (χ4n) is 2.23. The van der Waals surface area contributed by atoms with Crippen molar-refractivity contribution in [1.82, 2.24) is 5.32 Å². The summed E-state index contributed by atoms with van der Waals surface area (Å²) in [7, 11) is 0. The molecule has 0 amide bonds. The number of halogens is 1. The Labute approximate surface area is 90.7 Å². The lowest BCUT2D eigenvalue weighted by Gasteiger charge is -2.22. The Morgan fingerprint density at radius 3 is 3.07 bits per heavy atom. The van der Waals surface area contributed by atoms with Crippen LogP contribution in [-0.2, 0) is 6.42 Å². The minimum Gasteiger partial charge on any atom is -0.316 e. The first-order valence-corrected chi connectivity index (χ1v) is 5.80. The summed E-state index contributed by atoms with van der Waals surface area (Å²) in [6, 6.07) is 6.96. The van der Waals surface area contributed by atoms with Gasteiger partial charge in [0.15, 0.2) is 0 Å². The number of benzene rings is 1. The first-order chi connectivity index (χ1) is 7.34. The first kappa shape index (κ1) is 10.6. The van der Waals surface area contributed by atoms with E-state index in [2.05, 4.69) is 5.32 Å². The van der Waals surface area contributed by atoms with Crippen molar-refractivity contribution in [2.24, 2.45) is 5.92 Å². The summed E-state index contributed by atoms with van der Waals surface area (Å²) in [4.78, 5) is 0. The summed E-state index contributed by atoms with van der Waals surface area (Å²) in [6.45, 7) is 2.30. The number of hydrogen-bond donors (Lipinski definition) is 1. The van der Waals surface area contributed by atoms with E-state index in [4.69, 9.17) is 0 Å². The topological polar surface area (TPSA) is 12.0 Å². The lowest BCUT2D eigenvalue weighted by atomic mass is 9.93. The van der Waals surface area contributed by atoms with Gasteiger partial charge in [-0.25, -0.2) is 4.39 Å². The molecule has 1 atom stereocenters. The highest BCUT2D eigenvalue weighted by Gasteiger charge is 2.12. The number of rotatable bonds is 3. The van der Waals surface area contributed by atoms with Crippen LogP contribution in [0.4, 0.5) is 4.39 Å². The van der Waals surface area contributed by atoms with Gasteiger partial charge >= 0.3 is 0 Å². The zero-order chi connectivity index (χ0) is 10.5. The maximum atomic E-state index is 12.9. The Kier molecular flexibility index (Phi) is 3.73. The molecule has 1 aliphatic heterocycles. The van der Waals surface area contributed by atoms with Gasteiger partial charge in [-0.3, -0.25) is 0 Å². The Morgan fingerprint density at radius 2 is 2.33 bits per heavy atom. The summed E-state index contributed by atoms with van der Waals surface area (Å²) in [5.74, 6) is 0.663. The van der Waals surface area contributed by atoms with Crippen molar-refractivity contribution in [3.05, 3.63) is 35.6 Å². The van der Waals surface area contributed by atoms with Gasteiger partial charge in [-0.15, -0.1) is 0 Å². The van der Waals surface area contributed by atoms with E-state index in [0.29, 0.717) is 0 Å². The van der Waals surface area contributed by atoms with Gasteiger partial charge in [-0.05, 0) is 62.4 Å². The zero-order valence-corrected chi connectivity index (χ0v) is 9.01. The van der Waals surface area contributed by atoms with Crippen LogP contribution in [0.2, 0.25) is 0 Å². The van der Waals surface area contributed by atoms with E-state index >= 15 is 0 Å². The molecule has 0 unspecified atom stereocenters. The minimum atomic E-state index is -0.116. The normalized spacial score (nSPS) is 21.5. The van der Waals surface area contributed by atoms with Gasteiger partial charge in [0.2, 0.25) is 0 Å². The monoisotopic (exact) mass is 207 g/mol. The molecule has 1 N–H and O–H groups in total. The Bertz CT molecular complexity index is 305. The molecule has 0 aromatic heterocycles. The lowest BCUT2D eigenvalue weighted by Crippen LogP contribution is -2.29. The van der Waals surface area contributed by atoms with E-state index in [1.807, 2.05) is 6.07 Å². The SMILES string of the molecule is Fc1cccc(CC[C@H]2CCCNC2)c1. The van der Waals surface area contributed by atoms with Gasteiger partial charge in [0.25, 0.3) is 0 Å². The highest BCUT2D eigenvalue weighted by atomic mass is 19.1. The third-order valence-corrected chi connectivity index (χ3v) is 3.13. The second kappa shape index (κ2) is 5.26. The van der Waals surface area contributed by atoms with Crippen LogP contribution < -0.4 is 5.32 Å². The van der Waals surface area contributed by atoms with E-state index in [-0.39, 0.29) is 5.82 Å². The lowest BCUT2D eigenvalue weighted by molar-refractivity contribution is 0.358. The first-order valence-electron chi connectivity index (χ1n) is 5.80. The molecule has 82 valence electrons. The fourth-order valence-corrected chi connectivity index (χ4v) is 2.23. The Balaban J connectivity index is 1.81. The number of piperidine rings is 1. The standard InChI is InChI=1S/C13H18FN/c14-13-5-1-3-11(9-13)6-7-12-4-2-8-15-10-12/h1,3,5,9,12,15H,2,4,6-8,10H2/t12-/m1/s1. The van der Waals surface area contributed by atoms with Gasteiger partial charge in [-0.1, -0.05) is 12.1 Å². The zero-order valence-electron chi connectivity index (χ0n) is 9.01. The van der Waals surface area contributed by atoms with E-state index in [9.17, 15) is 4.39 Å². The molecule has 2 heteroatoms. The Hall–Kier alpha value is -0.890. The molecular formula is C13H18FN. The maximum absolute atomic E-state index is 12.9. The molecule has 1 heterocycles. The van der Waals surface area contributed by atoms with Crippen molar-refractivity contribution in [1.29, 1.82) is 0 Å². The largest absolute Gasteiger partial charge is 0.316 e. The predicted octanol–water partition coefficient (Wildman–Crippen LogP) is 2.76. The Morgan fingerprint density at radius 1 is 1.40 bits per heavy atom. The molecule has 0 aliphatic carbocycles. The van der Waals surface area contributed by atoms with Gasteiger partial charge in [0, 0.05) is 0 Å². The van der Waals surface area contributed by atoms with Crippen LogP contribution in [0.1, 0.15) is 24.8 Å². The molecule has 1 fully saturated rings. The van der Waals surface area contributed by atoms with E-state index in [1.54, 1.807) is 12.1 Å². The van der Waals surface area contributed by atoms with Crippen LogP contribution in [0.25, 0.3) is 0 Å². The second-order valence-electron chi connectivity index (χ2n) is 4.38. The second-order valence-corrected chi connectivity index (χ2v) is 4.38. The molecule has 0 radical (unpaired) electrons. The quantitative estimate of drug-likeness (QED) is 0.803. The van der Waals surface area contributed by atoms with Crippen molar-refractivity contribution < 1.29 is 4.39 Å². The van der Waals surface area contributed by atoms with Gasteiger partial charge < -0.3 is 5.32 Å². The predicted molar refractivity (Wildman–Crippen MR) is 60.3 cm³/mol. The van der Waals surface area contributed by atoms with Crippen LogP contribution in [0, 0.1) is 11.7 Å². The summed E-state index contributed by atoms with van der Waals surface area (Å²) in [5, 5.41) is 3.41. The average Bonchev–Trinajstić information content (AvgIpc) is 2.28. The average molecular weight is 207 g/mol. The molecule has 1 nitrogen and oxygen atoms in total. The molecule has 1 saturated heterocycles. The van der Waals surface area contributed by atoms with Gasteiger partial charge in [0.05, 0.1) is 0 Å². The minimum absolute atomic E-state index is 0.116. The van der Waals surface area contributed by atoms with Gasteiger partial charge in [0.1, 0.15) is 5.82 Å². The van der Waals surface area contributed by atoms with Crippen LogP contribution in [0.15, 0.2) is 24.3 Å². The van der Waals surface area contributed by atoms with Crippen LogP contribution >= 0.6 is 0 Å². The smallest absolute Gasteiger partial charge is 0.123 e. The summed E-state index contributed by atoms with van der Waals surface area (Å²) < 4.78 is 12.9. The molecule has 1 aliphatic rings. The number of hydrogen-bond acceptors (Lipinski definition) is 1. The van der Waals surface area contributed by atoms with Crippen LogP contribution in [-0.4, -0.2) is 13.1 Å². The van der Waals surface area contributed by atoms with Crippen LogP contribution in [0.3, 0.4) is 0 Å². The molecule has 15 heavy (non-hydrogen) atoms. The van der Waals surface area contributed by atoms with E-state index in [0.717, 1.165) is 31.0 Å². The molecule has 0 saturated carbocycles. The molecule has 0 spiro atoms. The van der Waals surface area contributed by atoms with Crippen molar-refractivity contribution >= 4 is 0 Å². The van der Waals surface area contributed by atoms with Crippen LogP contribution in [0.5, 0.6) is 0 Å². The van der Waals surface area contributed by atoms with E-state index < -0.39 is 0 Å². The third-order valence-electron chi connectivity index (χ3n) is 3.13. The summed E-state index contributed by atoms with van der Waals surface area (Å²) in [6.07, 6.45) is 4.79. The fraction of sp³-hybridized carbons (Fsp3) is 0.538. The number of aryl methyl sites for hydroxylation is 1. The molecule has 0 bridgehead atoms. The highest BCUT2D eigenvalue weighted by molar-refractivity contribution is 5.16. The number of nitrogens with one attached hydrogen (secondary N) is 1. The molecular weight excluding hydrogens is 189 g/mol.